The Hall–Kier alpha value is -0.860. The number of esters is 2. The largest absolute Gasteiger partial charge is 0.393 e. The van der Waals surface area contributed by atoms with E-state index in [4.69, 9.17) is 0 Å². The third-order valence-electron chi connectivity index (χ3n) is 3.12. The van der Waals surface area contributed by atoms with E-state index in [0.717, 1.165) is 12.8 Å². The molecule has 1 aliphatic carbocycles. The second-order valence-corrected chi connectivity index (χ2v) is 4.00. The van der Waals surface area contributed by atoms with Crippen LogP contribution in [-0.4, -0.2) is 11.9 Å². The van der Waals surface area contributed by atoms with E-state index >= 15 is 0 Å². The van der Waals surface area contributed by atoms with Gasteiger partial charge in [0.25, 0.3) is 0 Å². The minimum atomic E-state index is -0.333. The molecule has 1 aliphatic heterocycles. The number of hydrogen-bond acceptors (Lipinski definition) is 3. The number of rotatable bonds is 1. The molecule has 0 aromatic carbocycles. The lowest BCUT2D eigenvalue weighted by Crippen LogP contribution is -2.21. The van der Waals surface area contributed by atoms with Gasteiger partial charge in [-0.2, -0.15) is 0 Å². The molecule has 2 fully saturated rings. The molecule has 13 heavy (non-hydrogen) atoms. The first-order valence-electron chi connectivity index (χ1n) is 5.02. The molecule has 0 spiro atoms. The van der Waals surface area contributed by atoms with Crippen molar-refractivity contribution in [2.24, 2.45) is 11.8 Å². The summed E-state index contributed by atoms with van der Waals surface area (Å²) in [4.78, 5) is 22.1. The Kier molecular flexibility index (Phi) is 2.34. The predicted octanol–water partition coefficient (Wildman–Crippen LogP) is 1.66. The first-order chi connectivity index (χ1) is 6.27. The Labute approximate surface area is 77.4 Å². The summed E-state index contributed by atoms with van der Waals surface area (Å²) in [7, 11) is 0. The molecule has 1 saturated carbocycles. The highest BCUT2D eigenvalue weighted by Crippen LogP contribution is 2.35. The van der Waals surface area contributed by atoms with Crippen LogP contribution in [0, 0.1) is 11.8 Å². The molecule has 0 N–H and O–H groups in total. The minimum absolute atomic E-state index is 0.118. The second-order valence-electron chi connectivity index (χ2n) is 4.00. The monoisotopic (exact) mass is 182 g/mol. The van der Waals surface area contributed by atoms with Gasteiger partial charge >= 0.3 is 11.9 Å². The standard InChI is InChI=1S/C10H14O3/c11-9-6-8(10(12)13-9)7-4-2-1-3-5-7/h7-8H,1-6H2/t8-/m1/s1. The van der Waals surface area contributed by atoms with E-state index in [-0.39, 0.29) is 17.9 Å². The van der Waals surface area contributed by atoms with Gasteiger partial charge in [0.1, 0.15) is 0 Å². The normalized spacial score (nSPS) is 30.6. The molecule has 0 radical (unpaired) electrons. The average molecular weight is 182 g/mol. The van der Waals surface area contributed by atoms with Crippen molar-refractivity contribution in [2.45, 2.75) is 38.5 Å². The molecule has 2 aliphatic rings. The maximum Gasteiger partial charge on any atom is 0.317 e. The summed E-state index contributed by atoms with van der Waals surface area (Å²) in [6.45, 7) is 0. The van der Waals surface area contributed by atoms with Crippen LogP contribution < -0.4 is 0 Å². The highest BCUT2D eigenvalue weighted by Gasteiger charge is 2.39. The van der Waals surface area contributed by atoms with E-state index in [9.17, 15) is 9.59 Å². The fraction of sp³-hybridized carbons (Fsp3) is 0.800. The van der Waals surface area contributed by atoms with Crippen molar-refractivity contribution in [1.29, 1.82) is 0 Å². The summed E-state index contributed by atoms with van der Waals surface area (Å²) < 4.78 is 4.55. The zero-order chi connectivity index (χ0) is 9.26. The topological polar surface area (TPSA) is 43.4 Å². The molecule has 0 aromatic rings. The Balaban J connectivity index is 1.99. The van der Waals surface area contributed by atoms with E-state index in [1.165, 1.54) is 19.3 Å². The van der Waals surface area contributed by atoms with Crippen LogP contribution in [0.3, 0.4) is 0 Å². The summed E-state index contributed by atoms with van der Waals surface area (Å²) in [5.41, 5.74) is 0. The summed E-state index contributed by atoms with van der Waals surface area (Å²) in [5.74, 6) is -0.321. The van der Waals surface area contributed by atoms with Crippen LogP contribution in [0.2, 0.25) is 0 Å². The van der Waals surface area contributed by atoms with Gasteiger partial charge in [-0.3, -0.25) is 9.59 Å². The van der Waals surface area contributed by atoms with Gasteiger partial charge in [-0.25, -0.2) is 0 Å². The molecule has 3 nitrogen and oxygen atoms in total. The van der Waals surface area contributed by atoms with Crippen LogP contribution >= 0.6 is 0 Å². The van der Waals surface area contributed by atoms with E-state index in [2.05, 4.69) is 4.74 Å². The highest BCUT2D eigenvalue weighted by atomic mass is 16.6. The van der Waals surface area contributed by atoms with E-state index in [1.807, 2.05) is 0 Å². The summed E-state index contributed by atoms with van der Waals surface area (Å²) in [6.07, 6.45) is 6.17. The van der Waals surface area contributed by atoms with Gasteiger partial charge in [-0.15, -0.1) is 0 Å². The molecule has 2 rings (SSSR count). The summed E-state index contributed by atoms with van der Waals surface area (Å²) >= 11 is 0. The van der Waals surface area contributed by atoms with Crippen LogP contribution in [-0.2, 0) is 14.3 Å². The fourth-order valence-electron chi connectivity index (χ4n) is 2.39. The molecule has 0 bridgehead atoms. The third-order valence-corrected chi connectivity index (χ3v) is 3.12. The van der Waals surface area contributed by atoms with Gasteiger partial charge in [-0.1, -0.05) is 19.3 Å². The van der Waals surface area contributed by atoms with E-state index in [0.29, 0.717) is 12.3 Å². The zero-order valence-electron chi connectivity index (χ0n) is 7.62. The van der Waals surface area contributed by atoms with Crippen molar-refractivity contribution in [3.05, 3.63) is 0 Å². The number of carbonyl (C=O) groups excluding carboxylic acids is 2. The average Bonchev–Trinajstić information content (AvgIpc) is 2.47. The van der Waals surface area contributed by atoms with Crippen LogP contribution in [0.4, 0.5) is 0 Å². The first kappa shape index (κ1) is 8.73. The van der Waals surface area contributed by atoms with Gasteiger partial charge in [0.2, 0.25) is 0 Å². The molecule has 1 heterocycles. The summed E-state index contributed by atoms with van der Waals surface area (Å²) in [6, 6.07) is 0. The van der Waals surface area contributed by atoms with Gasteiger partial charge in [0, 0.05) is 0 Å². The van der Waals surface area contributed by atoms with Crippen molar-refractivity contribution < 1.29 is 14.3 Å². The smallest absolute Gasteiger partial charge is 0.317 e. The lowest BCUT2D eigenvalue weighted by atomic mass is 9.79. The molecular weight excluding hydrogens is 168 g/mol. The van der Waals surface area contributed by atoms with Crippen molar-refractivity contribution in [2.75, 3.05) is 0 Å². The predicted molar refractivity (Wildman–Crippen MR) is 45.8 cm³/mol. The van der Waals surface area contributed by atoms with Crippen LogP contribution in [0.25, 0.3) is 0 Å². The van der Waals surface area contributed by atoms with Crippen molar-refractivity contribution in [3.63, 3.8) is 0 Å². The lowest BCUT2D eigenvalue weighted by molar-refractivity contribution is -0.153. The molecule has 3 heteroatoms. The highest BCUT2D eigenvalue weighted by molar-refractivity contribution is 5.94. The number of carbonyl (C=O) groups is 2. The van der Waals surface area contributed by atoms with Gasteiger partial charge in [0.05, 0.1) is 12.3 Å². The Bertz CT molecular complexity index is 228. The summed E-state index contributed by atoms with van der Waals surface area (Å²) in [5, 5.41) is 0. The van der Waals surface area contributed by atoms with Crippen molar-refractivity contribution in [1.82, 2.24) is 0 Å². The van der Waals surface area contributed by atoms with E-state index in [1.54, 1.807) is 0 Å². The van der Waals surface area contributed by atoms with Crippen LogP contribution in [0.15, 0.2) is 0 Å². The Morgan fingerprint density at radius 1 is 1.08 bits per heavy atom. The van der Waals surface area contributed by atoms with E-state index < -0.39 is 0 Å². The fourth-order valence-corrected chi connectivity index (χ4v) is 2.39. The van der Waals surface area contributed by atoms with Crippen molar-refractivity contribution in [3.8, 4) is 0 Å². The maximum absolute atomic E-state index is 11.2. The lowest BCUT2D eigenvalue weighted by Gasteiger charge is -2.23. The second kappa shape index (κ2) is 3.48. The molecule has 1 atom stereocenters. The molecule has 1 saturated heterocycles. The number of ether oxygens (including phenoxy) is 1. The Morgan fingerprint density at radius 3 is 2.31 bits per heavy atom. The quantitative estimate of drug-likeness (QED) is 0.457. The molecular formula is C10H14O3. The molecule has 0 aromatic heterocycles. The molecule has 72 valence electrons. The minimum Gasteiger partial charge on any atom is -0.393 e. The third kappa shape index (κ3) is 1.74. The van der Waals surface area contributed by atoms with Gasteiger partial charge in [-0.05, 0) is 18.8 Å². The SMILES string of the molecule is O=C1C[C@H](C2CCCCC2)C(=O)O1. The maximum atomic E-state index is 11.2. The van der Waals surface area contributed by atoms with Gasteiger partial charge < -0.3 is 4.74 Å². The number of cyclic esters (lactones) is 2. The number of hydrogen-bond donors (Lipinski definition) is 0. The van der Waals surface area contributed by atoms with Crippen molar-refractivity contribution >= 4 is 11.9 Å². The van der Waals surface area contributed by atoms with Crippen LogP contribution in [0.5, 0.6) is 0 Å². The first-order valence-corrected chi connectivity index (χ1v) is 5.02. The Morgan fingerprint density at radius 2 is 1.77 bits per heavy atom. The molecule has 0 amide bonds. The zero-order valence-corrected chi connectivity index (χ0v) is 7.62. The van der Waals surface area contributed by atoms with Gasteiger partial charge in [0.15, 0.2) is 0 Å². The molecule has 0 unspecified atom stereocenters. The van der Waals surface area contributed by atoms with Crippen LogP contribution in [0.1, 0.15) is 38.5 Å².